The number of carbonyl (C=O) groups excluding carboxylic acids is 3. The van der Waals surface area contributed by atoms with Crippen molar-refractivity contribution in [3.05, 3.63) is 76.8 Å². The van der Waals surface area contributed by atoms with Gasteiger partial charge < -0.3 is 5.32 Å². The molecule has 162 valence electrons. The molecule has 0 unspecified atom stereocenters. The molecule has 4 aliphatic carbocycles. The lowest BCUT2D eigenvalue weighted by Gasteiger charge is -2.37. The van der Waals surface area contributed by atoms with Crippen LogP contribution >= 0.6 is 15.9 Å². The van der Waals surface area contributed by atoms with E-state index in [1.807, 2.05) is 42.5 Å². The summed E-state index contributed by atoms with van der Waals surface area (Å²) < 4.78 is 0.909. The molecule has 1 saturated heterocycles. The van der Waals surface area contributed by atoms with Gasteiger partial charge in [0.25, 0.3) is 0 Å². The standard InChI is InChI=1S/C26H23BrN2O3/c27-15-6-8-16(9-7-15)28-24(30)21(12-14-4-2-1-3-5-14)29-25(31)22-17-10-11-18(20-13-19(17)20)23(22)26(29)32/h1-11,17-23H,12-13H2,(H,28,30)/t17-,18-,19-,20-,21-,22+,23+/m0/s1. The van der Waals surface area contributed by atoms with E-state index >= 15 is 0 Å². The largest absolute Gasteiger partial charge is 0.324 e. The van der Waals surface area contributed by atoms with Crippen molar-refractivity contribution in [2.45, 2.75) is 18.9 Å². The minimum absolute atomic E-state index is 0.142. The average molecular weight is 491 g/mol. The van der Waals surface area contributed by atoms with Gasteiger partial charge in [-0.25, -0.2) is 0 Å². The van der Waals surface area contributed by atoms with Crippen LogP contribution in [0.1, 0.15) is 12.0 Å². The molecule has 7 rings (SSSR count). The van der Waals surface area contributed by atoms with Gasteiger partial charge in [-0.3, -0.25) is 19.3 Å². The molecule has 1 N–H and O–H groups in total. The number of nitrogens with one attached hydrogen (secondary N) is 1. The Balaban J connectivity index is 1.33. The monoisotopic (exact) mass is 490 g/mol. The number of benzene rings is 2. The highest BCUT2D eigenvalue weighted by Crippen LogP contribution is 2.65. The maximum Gasteiger partial charge on any atom is 0.248 e. The van der Waals surface area contributed by atoms with Crippen molar-refractivity contribution in [3.63, 3.8) is 0 Å². The Hall–Kier alpha value is -2.73. The molecule has 3 fully saturated rings. The zero-order valence-electron chi connectivity index (χ0n) is 17.4. The predicted octanol–water partition coefficient (Wildman–Crippen LogP) is 4.05. The van der Waals surface area contributed by atoms with Crippen LogP contribution in [0.25, 0.3) is 0 Å². The molecule has 0 aromatic heterocycles. The quantitative estimate of drug-likeness (QED) is 0.507. The van der Waals surface area contributed by atoms with Crippen LogP contribution in [-0.4, -0.2) is 28.7 Å². The van der Waals surface area contributed by atoms with Crippen LogP contribution < -0.4 is 5.32 Å². The number of anilines is 1. The molecule has 0 radical (unpaired) electrons. The summed E-state index contributed by atoms with van der Waals surface area (Å²) in [5.74, 6) is 0.0705. The van der Waals surface area contributed by atoms with Crippen LogP contribution in [0.5, 0.6) is 0 Å². The zero-order valence-corrected chi connectivity index (χ0v) is 18.9. The van der Waals surface area contributed by atoms with Crippen molar-refractivity contribution < 1.29 is 14.4 Å². The number of carbonyl (C=O) groups is 3. The fraction of sp³-hybridized carbons (Fsp3) is 0.346. The van der Waals surface area contributed by atoms with Gasteiger partial charge in [-0.15, -0.1) is 0 Å². The smallest absolute Gasteiger partial charge is 0.248 e. The first-order valence-electron chi connectivity index (χ1n) is 11.2. The van der Waals surface area contributed by atoms with Gasteiger partial charge in [0.15, 0.2) is 0 Å². The maximum atomic E-state index is 13.6. The van der Waals surface area contributed by atoms with E-state index < -0.39 is 6.04 Å². The Bertz CT molecular complexity index is 1090. The number of amides is 3. The highest BCUT2D eigenvalue weighted by Gasteiger charge is 2.67. The van der Waals surface area contributed by atoms with E-state index in [4.69, 9.17) is 0 Å². The summed E-state index contributed by atoms with van der Waals surface area (Å²) in [6.45, 7) is 0. The normalized spacial score (nSPS) is 32.5. The Morgan fingerprint density at radius 1 is 0.938 bits per heavy atom. The summed E-state index contributed by atoms with van der Waals surface area (Å²) >= 11 is 3.40. The van der Waals surface area contributed by atoms with Gasteiger partial charge in [-0.2, -0.15) is 0 Å². The lowest BCUT2D eigenvalue weighted by molar-refractivity contribution is -0.146. The minimum Gasteiger partial charge on any atom is -0.324 e. The molecule has 1 heterocycles. The van der Waals surface area contributed by atoms with Crippen LogP contribution in [0, 0.1) is 35.5 Å². The first kappa shape index (κ1) is 19.9. The van der Waals surface area contributed by atoms with Gasteiger partial charge in [0, 0.05) is 16.6 Å². The van der Waals surface area contributed by atoms with Crippen LogP contribution in [-0.2, 0) is 20.8 Å². The molecule has 2 aromatic carbocycles. The van der Waals surface area contributed by atoms with Gasteiger partial charge in [-0.1, -0.05) is 58.4 Å². The number of hydrogen-bond donors (Lipinski definition) is 1. The maximum absolute atomic E-state index is 13.6. The van der Waals surface area contributed by atoms with Gasteiger partial charge in [0.05, 0.1) is 11.8 Å². The average Bonchev–Trinajstić information content (AvgIpc) is 3.58. The van der Waals surface area contributed by atoms with Crippen molar-refractivity contribution >= 4 is 39.3 Å². The van der Waals surface area contributed by atoms with Gasteiger partial charge >= 0.3 is 0 Å². The molecule has 7 atom stereocenters. The van der Waals surface area contributed by atoms with Crippen molar-refractivity contribution in [2.75, 3.05) is 5.32 Å². The van der Waals surface area contributed by atoms with E-state index in [1.165, 1.54) is 4.90 Å². The molecule has 5 aliphatic rings. The molecule has 0 spiro atoms. The van der Waals surface area contributed by atoms with E-state index in [0.29, 0.717) is 23.9 Å². The van der Waals surface area contributed by atoms with Crippen molar-refractivity contribution in [2.24, 2.45) is 35.5 Å². The molecule has 1 aliphatic heterocycles. The molecule has 6 heteroatoms. The third kappa shape index (κ3) is 3.07. The van der Waals surface area contributed by atoms with Crippen molar-refractivity contribution in [3.8, 4) is 0 Å². The van der Waals surface area contributed by atoms with Crippen molar-refractivity contribution in [1.82, 2.24) is 4.90 Å². The summed E-state index contributed by atoms with van der Waals surface area (Å²) in [5.41, 5.74) is 1.55. The summed E-state index contributed by atoms with van der Waals surface area (Å²) in [7, 11) is 0. The highest BCUT2D eigenvalue weighted by atomic mass is 79.9. The second-order valence-electron chi connectivity index (χ2n) is 9.40. The number of allylic oxidation sites excluding steroid dienone is 2. The number of rotatable bonds is 5. The Morgan fingerprint density at radius 2 is 1.53 bits per heavy atom. The molecule has 2 saturated carbocycles. The lowest BCUT2D eigenvalue weighted by atomic mass is 9.63. The van der Waals surface area contributed by atoms with Gasteiger partial charge in [-0.05, 0) is 59.9 Å². The Labute approximate surface area is 195 Å². The summed E-state index contributed by atoms with van der Waals surface area (Å²) in [6, 6.07) is 16.0. The van der Waals surface area contributed by atoms with Gasteiger partial charge in [0.1, 0.15) is 6.04 Å². The SMILES string of the molecule is O=C(Nc1ccc(Br)cc1)[C@H](Cc1ccccc1)N1C(=O)[C@@H]2[C@H]3C=C[C@@H]([C@@H]4C[C@@H]34)[C@H]2C1=O. The third-order valence-electron chi connectivity index (χ3n) is 7.69. The molecule has 32 heavy (non-hydrogen) atoms. The van der Waals surface area contributed by atoms with Gasteiger partial charge in [0.2, 0.25) is 17.7 Å². The zero-order chi connectivity index (χ0) is 22.0. The van der Waals surface area contributed by atoms with Crippen molar-refractivity contribution in [1.29, 1.82) is 0 Å². The van der Waals surface area contributed by atoms with Crippen LogP contribution in [0.15, 0.2) is 71.2 Å². The van der Waals surface area contributed by atoms with E-state index in [0.717, 1.165) is 16.5 Å². The Kier molecular flexibility index (Phi) is 4.61. The number of hydrogen-bond acceptors (Lipinski definition) is 3. The Morgan fingerprint density at radius 3 is 2.12 bits per heavy atom. The minimum atomic E-state index is -0.873. The summed E-state index contributed by atoms with van der Waals surface area (Å²) in [6.07, 6.45) is 5.73. The fourth-order valence-corrected chi connectivity index (χ4v) is 6.45. The van der Waals surface area contributed by atoms with E-state index in [-0.39, 0.29) is 41.4 Å². The van der Waals surface area contributed by atoms with E-state index in [2.05, 4.69) is 33.4 Å². The van der Waals surface area contributed by atoms with E-state index in [1.54, 1.807) is 12.1 Å². The first-order valence-corrected chi connectivity index (χ1v) is 12.0. The molecular weight excluding hydrogens is 468 g/mol. The van der Waals surface area contributed by atoms with Crippen LogP contribution in [0.2, 0.25) is 0 Å². The molecule has 2 bridgehead atoms. The summed E-state index contributed by atoms with van der Waals surface area (Å²) in [4.78, 5) is 42.0. The van der Waals surface area contributed by atoms with Crippen LogP contribution in [0.3, 0.4) is 0 Å². The topological polar surface area (TPSA) is 66.5 Å². The molecule has 2 aromatic rings. The molecule has 3 amide bonds. The van der Waals surface area contributed by atoms with Crippen LogP contribution in [0.4, 0.5) is 5.69 Å². The number of imide groups is 1. The molecule has 5 nitrogen and oxygen atoms in total. The predicted molar refractivity (Wildman–Crippen MR) is 123 cm³/mol. The third-order valence-corrected chi connectivity index (χ3v) is 8.22. The second-order valence-corrected chi connectivity index (χ2v) is 10.3. The number of nitrogens with zero attached hydrogens (tertiary/aromatic N) is 1. The number of likely N-dealkylation sites (tertiary alicyclic amines) is 1. The number of halogens is 1. The van der Waals surface area contributed by atoms with E-state index in [9.17, 15) is 14.4 Å². The first-order chi connectivity index (χ1) is 15.5. The molecular formula is C26H23BrN2O3. The second kappa shape index (κ2) is 7.41. The lowest BCUT2D eigenvalue weighted by Crippen LogP contribution is -2.49. The summed E-state index contributed by atoms with van der Waals surface area (Å²) in [5, 5.41) is 2.92. The highest BCUT2D eigenvalue weighted by molar-refractivity contribution is 9.10. The fourth-order valence-electron chi connectivity index (χ4n) is 6.18.